The fourth-order valence-electron chi connectivity index (χ4n) is 2.77. The quantitative estimate of drug-likeness (QED) is 0.854. The largest absolute Gasteiger partial charge is 0.378 e. The summed E-state index contributed by atoms with van der Waals surface area (Å²) in [7, 11) is 0.493. The first-order valence-corrected chi connectivity index (χ1v) is 9.36. The fraction of sp³-hybridized carbons (Fsp3) is 0.333. The van der Waals surface area contributed by atoms with Crippen LogP contribution in [-0.4, -0.2) is 46.5 Å². The van der Waals surface area contributed by atoms with Gasteiger partial charge in [-0.1, -0.05) is 30.3 Å². The van der Waals surface area contributed by atoms with Crippen molar-refractivity contribution in [1.82, 2.24) is 4.31 Å². The predicted molar refractivity (Wildman–Crippen MR) is 94.7 cm³/mol. The molecule has 0 N–H and O–H groups in total. The van der Waals surface area contributed by atoms with Crippen LogP contribution >= 0.6 is 0 Å². The highest BCUT2D eigenvalue weighted by Gasteiger charge is 2.31. The summed E-state index contributed by atoms with van der Waals surface area (Å²) in [6.45, 7) is 1.11. The van der Waals surface area contributed by atoms with E-state index in [1.165, 1.54) is 4.31 Å². The molecule has 1 unspecified atom stereocenters. The van der Waals surface area contributed by atoms with Crippen molar-refractivity contribution in [3.8, 4) is 0 Å². The number of hydrogen-bond donors (Lipinski definition) is 0. The van der Waals surface area contributed by atoms with E-state index < -0.39 is 10.0 Å². The zero-order valence-electron chi connectivity index (χ0n) is 13.9. The summed E-state index contributed by atoms with van der Waals surface area (Å²) in [5.74, 6) is 0. The van der Waals surface area contributed by atoms with Crippen molar-refractivity contribution >= 4 is 15.7 Å². The Balaban J connectivity index is 1.79. The van der Waals surface area contributed by atoms with Gasteiger partial charge >= 0.3 is 0 Å². The molecule has 1 fully saturated rings. The zero-order chi connectivity index (χ0) is 17.2. The molecule has 1 saturated heterocycles. The second-order valence-electron chi connectivity index (χ2n) is 6.02. The maximum Gasteiger partial charge on any atom is 0.243 e. The molecule has 0 radical (unpaired) electrons. The molecule has 128 valence electrons. The van der Waals surface area contributed by atoms with Crippen molar-refractivity contribution in [3.63, 3.8) is 0 Å². The number of benzene rings is 2. The molecule has 2 aromatic carbocycles. The Kier molecular flexibility index (Phi) is 4.89. The van der Waals surface area contributed by atoms with Crippen LogP contribution < -0.4 is 4.90 Å². The summed E-state index contributed by atoms with van der Waals surface area (Å²) in [6, 6.07) is 16.6. The Morgan fingerprint density at radius 1 is 1.04 bits per heavy atom. The topological polar surface area (TPSA) is 49.9 Å². The number of nitrogens with zero attached hydrogens (tertiary/aromatic N) is 2. The van der Waals surface area contributed by atoms with E-state index in [0.29, 0.717) is 24.6 Å². The molecule has 6 heteroatoms. The van der Waals surface area contributed by atoms with E-state index in [2.05, 4.69) is 0 Å². The average molecular weight is 346 g/mol. The summed E-state index contributed by atoms with van der Waals surface area (Å²) in [5, 5.41) is 0. The average Bonchev–Trinajstić information content (AvgIpc) is 2.62. The molecule has 5 nitrogen and oxygen atoms in total. The van der Waals surface area contributed by atoms with Crippen LogP contribution in [0.1, 0.15) is 11.7 Å². The molecule has 24 heavy (non-hydrogen) atoms. The van der Waals surface area contributed by atoms with Gasteiger partial charge in [0.05, 0.1) is 17.6 Å². The molecule has 3 rings (SSSR count). The molecule has 0 amide bonds. The molecule has 2 aromatic rings. The zero-order valence-corrected chi connectivity index (χ0v) is 14.7. The Morgan fingerprint density at radius 2 is 1.71 bits per heavy atom. The van der Waals surface area contributed by atoms with Gasteiger partial charge in [0.1, 0.15) is 0 Å². The lowest BCUT2D eigenvalue weighted by atomic mass is 10.1. The van der Waals surface area contributed by atoms with Gasteiger partial charge in [0.25, 0.3) is 0 Å². The molecule has 1 atom stereocenters. The maximum absolute atomic E-state index is 12.8. The van der Waals surface area contributed by atoms with Crippen LogP contribution in [0.25, 0.3) is 0 Å². The molecule has 0 saturated carbocycles. The minimum absolute atomic E-state index is 0.242. The van der Waals surface area contributed by atoms with Crippen molar-refractivity contribution in [2.75, 3.05) is 38.7 Å². The fourth-order valence-corrected chi connectivity index (χ4v) is 4.22. The molecule has 0 spiro atoms. The van der Waals surface area contributed by atoms with Crippen LogP contribution in [0, 0.1) is 0 Å². The van der Waals surface area contributed by atoms with Gasteiger partial charge in [0.2, 0.25) is 10.0 Å². The van der Waals surface area contributed by atoms with Crippen LogP contribution in [0.15, 0.2) is 59.5 Å². The highest BCUT2D eigenvalue weighted by molar-refractivity contribution is 7.89. The summed E-state index contributed by atoms with van der Waals surface area (Å²) < 4.78 is 32.9. The maximum atomic E-state index is 12.8. The van der Waals surface area contributed by atoms with Gasteiger partial charge in [-0.2, -0.15) is 4.31 Å². The molecule has 1 aliphatic rings. The van der Waals surface area contributed by atoms with E-state index in [0.717, 1.165) is 11.3 Å². The second kappa shape index (κ2) is 6.93. The molecule has 1 heterocycles. The first kappa shape index (κ1) is 17.0. The van der Waals surface area contributed by atoms with E-state index in [4.69, 9.17) is 4.74 Å². The van der Waals surface area contributed by atoms with Crippen LogP contribution in [0.4, 0.5) is 5.69 Å². The smallest absolute Gasteiger partial charge is 0.243 e. The Bertz CT molecular complexity index is 774. The van der Waals surface area contributed by atoms with Gasteiger partial charge in [0, 0.05) is 32.9 Å². The van der Waals surface area contributed by atoms with E-state index >= 15 is 0 Å². The van der Waals surface area contributed by atoms with E-state index in [9.17, 15) is 8.42 Å². The third kappa shape index (κ3) is 3.45. The first-order valence-electron chi connectivity index (χ1n) is 7.92. The third-order valence-electron chi connectivity index (χ3n) is 4.19. The Labute approximate surface area is 143 Å². The number of anilines is 1. The molecular formula is C18H22N2O3S. The van der Waals surface area contributed by atoms with E-state index in [1.807, 2.05) is 49.3 Å². The lowest BCUT2D eigenvalue weighted by molar-refractivity contribution is -0.00254. The summed E-state index contributed by atoms with van der Waals surface area (Å²) in [5.41, 5.74) is 2.09. The van der Waals surface area contributed by atoms with Crippen molar-refractivity contribution in [2.45, 2.75) is 11.0 Å². The normalized spacial score (nSPS) is 19.2. The van der Waals surface area contributed by atoms with Crippen molar-refractivity contribution in [3.05, 3.63) is 60.2 Å². The van der Waals surface area contributed by atoms with Crippen LogP contribution in [0.5, 0.6) is 0 Å². The first-order chi connectivity index (χ1) is 11.5. The number of sulfonamides is 1. The molecule has 0 aromatic heterocycles. The number of hydrogen-bond acceptors (Lipinski definition) is 4. The van der Waals surface area contributed by atoms with Crippen LogP contribution in [0.3, 0.4) is 0 Å². The second-order valence-corrected chi connectivity index (χ2v) is 7.96. The van der Waals surface area contributed by atoms with Gasteiger partial charge in [0.15, 0.2) is 0 Å². The molecule has 1 aliphatic heterocycles. The Morgan fingerprint density at radius 3 is 2.33 bits per heavy atom. The van der Waals surface area contributed by atoms with Crippen LogP contribution in [0.2, 0.25) is 0 Å². The van der Waals surface area contributed by atoms with Crippen LogP contribution in [-0.2, 0) is 14.8 Å². The van der Waals surface area contributed by atoms with Crippen molar-refractivity contribution in [2.24, 2.45) is 0 Å². The molecule has 0 bridgehead atoms. The minimum atomic E-state index is -3.48. The van der Waals surface area contributed by atoms with Crippen molar-refractivity contribution in [1.29, 1.82) is 0 Å². The highest BCUT2D eigenvalue weighted by Crippen LogP contribution is 2.27. The SMILES string of the molecule is CN(C)c1ccc(C2CN(S(=O)(=O)c3ccccc3)CCO2)cc1. The van der Waals surface area contributed by atoms with Gasteiger partial charge in [-0.15, -0.1) is 0 Å². The molecular weight excluding hydrogens is 324 g/mol. The summed E-state index contributed by atoms with van der Waals surface area (Å²) in [4.78, 5) is 2.35. The predicted octanol–water partition coefficient (Wildman–Crippen LogP) is 2.51. The Hall–Kier alpha value is -1.89. The summed E-state index contributed by atoms with van der Waals surface area (Å²) >= 11 is 0. The lowest BCUT2D eigenvalue weighted by Crippen LogP contribution is -2.42. The summed E-state index contributed by atoms with van der Waals surface area (Å²) in [6.07, 6.45) is -0.242. The molecule has 0 aliphatic carbocycles. The monoisotopic (exact) mass is 346 g/mol. The van der Waals surface area contributed by atoms with Crippen molar-refractivity contribution < 1.29 is 13.2 Å². The highest BCUT2D eigenvalue weighted by atomic mass is 32.2. The number of rotatable bonds is 4. The number of morpholine rings is 1. The van der Waals surface area contributed by atoms with Gasteiger partial charge in [-0.25, -0.2) is 8.42 Å². The standard InChI is InChI=1S/C18H22N2O3S/c1-19(2)16-10-8-15(9-11-16)18-14-20(12-13-23-18)24(21,22)17-6-4-3-5-7-17/h3-11,18H,12-14H2,1-2H3. The lowest BCUT2D eigenvalue weighted by Gasteiger charge is -2.32. The number of ether oxygens (including phenoxy) is 1. The minimum Gasteiger partial charge on any atom is -0.378 e. The van der Waals surface area contributed by atoms with Gasteiger partial charge in [-0.05, 0) is 29.8 Å². The third-order valence-corrected chi connectivity index (χ3v) is 6.07. The van der Waals surface area contributed by atoms with Gasteiger partial charge < -0.3 is 9.64 Å². The van der Waals surface area contributed by atoms with Gasteiger partial charge in [-0.3, -0.25) is 0 Å². The van der Waals surface area contributed by atoms with E-state index in [1.54, 1.807) is 24.3 Å². The van der Waals surface area contributed by atoms with E-state index in [-0.39, 0.29) is 6.10 Å².